The Labute approximate surface area is 132 Å². The summed E-state index contributed by atoms with van der Waals surface area (Å²) in [6.07, 6.45) is 2.15. The summed E-state index contributed by atoms with van der Waals surface area (Å²) in [6.45, 7) is 2.50. The number of likely N-dealkylation sites (N-methyl/N-ethyl adjacent to an activating group) is 1. The lowest BCUT2D eigenvalue weighted by molar-refractivity contribution is -0.385. The van der Waals surface area contributed by atoms with Crippen LogP contribution in [0, 0.1) is 10.1 Å². The van der Waals surface area contributed by atoms with Crippen molar-refractivity contribution < 1.29 is 9.72 Å². The monoisotopic (exact) mass is 355 g/mol. The minimum Gasteiger partial charge on any atom is -0.342 e. The molecular weight excluding hydrogens is 338 g/mol. The van der Waals surface area contributed by atoms with E-state index in [-0.39, 0.29) is 11.6 Å². The van der Waals surface area contributed by atoms with Gasteiger partial charge in [-0.15, -0.1) is 0 Å². The fraction of sp³-hybridized carbons (Fsp3) is 0.500. The number of carbonyl (C=O) groups excluding carboxylic acids is 1. The summed E-state index contributed by atoms with van der Waals surface area (Å²) in [5.74, 6) is 0.122. The SMILES string of the molecule is CN(CC(=O)N1CCCC1)Cc1cccc([N+](=O)[O-])c1Br. The van der Waals surface area contributed by atoms with Crippen molar-refractivity contribution in [3.8, 4) is 0 Å². The maximum absolute atomic E-state index is 12.1. The summed E-state index contributed by atoms with van der Waals surface area (Å²) < 4.78 is 0.482. The van der Waals surface area contributed by atoms with Gasteiger partial charge in [0, 0.05) is 25.7 Å². The first-order valence-corrected chi connectivity index (χ1v) is 7.66. The molecule has 0 unspecified atom stereocenters. The van der Waals surface area contributed by atoms with Crippen LogP contribution in [0.3, 0.4) is 0 Å². The van der Waals surface area contributed by atoms with Crippen LogP contribution in [-0.4, -0.2) is 47.3 Å². The molecule has 7 heteroatoms. The first kappa shape index (κ1) is 15.9. The molecule has 0 atom stereocenters. The van der Waals surface area contributed by atoms with Gasteiger partial charge in [0.1, 0.15) is 0 Å². The Hall–Kier alpha value is -1.47. The molecule has 0 bridgehead atoms. The van der Waals surface area contributed by atoms with Gasteiger partial charge in [0.25, 0.3) is 5.69 Å². The summed E-state index contributed by atoms with van der Waals surface area (Å²) in [5, 5.41) is 10.9. The van der Waals surface area contributed by atoms with Gasteiger partial charge in [0.05, 0.1) is 15.9 Å². The zero-order valence-electron chi connectivity index (χ0n) is 11.9. The van der Waals surface area contributed by atoms with Crippen LogP contribution in [0.5, 0.6) is 0 Å². The fourth-order valence-corrected chi connectivity index (χ4v) is 3.01. The average Bonchev–Trinajstić information content (AvgIpc) is 2.94. The van der Waals surface area contributed by atoms with E-state index in [0.717, 1.165) is 31.5 Å². The summed E-state index contributed by atoms with van der Waals surface area (Å²) >= 11 is 3.28. The number of rotatable bonds is 5. The third-order valence-electron chi connectivity index (χ3n) is 3.56. The van der Waals surface area contributed by atoms with Crippen LogP contribution in [0.4, 0.5) is 5.69 Å². The second-order valence-electron chi connectivity index (χ2n) is 5.27. The molecule has 0 radical (unpaired) electrons. The molecule has 1 aromatic carbocycles. The van der Waals surface area contributed by atoms with Crippen LogP contribution < -0.4 is 0 Å². The Morgan fingerprint density at radius 2 is 2.10 bits per heavy atom. The highest BCUT2D eigenvalue weighted by Crippen LogP contribution is 2.28. The van der Waals surface area contributed by atoms with E-state index in [0.29, 0.717) is 17.6 Å². The molecule has 1 aliphatic heterocycles. The highest BCUT2D eigenvalue weighted by atomic mass is 79.9. The standard InChI is InChI=1S/C14H18BrN3O3/c1-16(10-13(19)17-7-2-3-8-17)9-11-5-4-6-12(14(11)15)18(20)21/h4-6H,2-3,7-10H2,1H3. The third-order valence-corrected chi connectivity index (χ3v) is 4.47. The maximum atomic E-state index is 12.1. The smallest absolute Gasteiger partial charge is 0.283 e. The van der Waals surface area contributed by atoms with Crippen molar-refractivity contribution >= 4 is 27.5 Å². The van der Waals surface area contributed by atoms with Crippen molar-refractivity contribution in [3.05, 3.63) is 38.3 Å². The molecule has 114 valence electrons. The van der Waals surface area contributed by atoms with E-state index in [1.165, 1.54) is 6.07 Å². The number of hydrogen-bond acceptors (Lipinski definition) is 4. The van der Waals surface area contributed by atoms with Crippen LogP contribution in [-0.2, 0) is 11.3 Å². The highest BCUT2D eigenvalue weighted by molar-refractivity contribution is 9.10. The molecule has 0 saturated carbocycles. The minimum atomic E-state index is -0.414. The maximum Gasteiger partial charge on any atom is 0.283 e. The van der Waals surface area contributed by atoms with Gasteiger partial charge in [-0.3, -0.25) is 19.8 Å². The summed E-state index contributed by atoms with van der Waals surface area (Å²) in [6, 6.07) is 4.95. The Bertz CT molecular complexity index is 544. The largest absolute Gasteiger partial charge is 0.342 e. The zero-order valence-corrected chi connectivity index (χ0v) is 13.5. The summed E-state index contributed by atoms with van der Waals surface area (Å²) in [4.78, 5) is 26.3. The van der Waals surface area contributed by atoms with Crippen LogP contribution in [0.25, 0.3) is 0 Å². The first-order valence-electron chi connectivity index (χ1n) is 6.87. The normalized spacial score (nSPS) is 14.7. The molecular formula is C14H18BrN3O3. The van der Waals surface area contributed by atoms with Gasteiger partial charge in [0.2, 0.25) is 5.91 Å². The van der Waals surface area contributed by atoms with Crippen molar-refractivity contribution in [1.82, 2.24) is 9.80 Å². The van der Waals surface area contributed by atoms with Crippen molar-refractivity contribution in [3.63, 3.8) is 0 Å². The van der Waals surface area contributed by atoms with Crippen molar-refractivity contribution in [2.75, 3.05) is 26.7 Å². The molecule has 2 rings (SSSR count). The number of benzene rings is 1. The Balaban J connectivity index is 1.99. The van der Waals surface area contributed by atoms with E-state index in [9.17, 15) is 14.9 Å². The van der Waals surface area contributed by atoms with Gasteiger partial charge in [-0.1, -0.05) is 12.1 Å². The average molecular weight is 356 g/mol. The number of nitro benzene ring substituents is 1. The van der Waals surface area contributed by atoms with Crippen LogP contribution in [0.15, 0.2) is 22.7 Å². The van der Waals surface area contributed by atoms with Crippen LogP contribution in [0.2, 0.25) is 0 Å². The molecule has 1 amide bonds. The number of nitrogens with zero attached hydrogens (tertiary/aromatic N) is 3. The molecule has 21 heavy (non-hydrogen) atoms. The van der Waals surface area contributed by atoms with Gasteiger partial charge in [-0.05, 0) is 41.4 Å². The second-order valence-corrected chi connectivity index (χ2v) is 6.06. The quantitative estimate of drug-likeness (QED) is 0.600. The molecule has 6 nitrogen and oxygen atoms in total. The van der Waals surface area contributed by atoms with E-state index in [2.05, 4.69) is 15.9 Å². The summed E-state index contributed by atoms with van der Waals surface area (Å²) in [5.41, 5.74) is 0.854. The van der Waals surface area contributed by atoms with Gasteiger partial charge < -0.3 is 4.90 Å². The number of nitro groups is 1. The van der Waals surface area contributed by atoms with Crippen molar-refractivity contribution in [2.24, 2.45) is 0 Å². The lowest BCUT2D eigenvalue weighted by Gasteiger charge is -2.21. The molecule has 1 saturated heterocycles. The number of amides is 1. The van der Waals surface area contributed by atoms with E-state index < -0.39 is 4.92 Å². The van der Waals surface area contributed by atoms with E-state index in [1.54, 1.807) is 6.07 Å². The van der Waals surface area contributed by atoms with Gasteiger partial charge in [-0.25, -0.2) is 0 Å². The highest BCUT2D eigenvalue weighted by Gasteiger charge is 2.20. The predicted octanol–water partition coefficient (Wildman–Crippen LogP) is 2.41. The zero-order chi connectivity index (χ0) is 15.4. The molecule has 0 N–H and O–H groups in total. The molecule has 1 heterocycles. The van der Waals surface area contributed by atoms with Crippen LogP contribution >= 0.6 is 15.9 Å². The lowest BCUT2D eigenvalue weighted by Crippen LogP contribution is -2.37. The third kappa shape index (κ3) is 4.01. The van der Waals surface area contributed by atoms with Crippen molar-refractivity contribution in [2.45, 2.75) is 19.4 Å². The number of carbonyl (C=O) groups is 1. The van der Waals surface area contributed by atoms with Gasteiger partial charge >= 0.3 is 0 Å². The molecule has 0 aliphatic carbocycles. The van der Waals surface area contributed by atoms with Gasteiger partial charge in [0.15, 0.2) is 0 Å². The van der Waals surface area contributed by atoms with E-state index in [1.807, 2.05) is 22.9 Å². The molecule has 0 aromatic heterocycles. The summed E-state index contributed by atoms with van der Waals surface area (Å²) in [7, 11) is 1.85. The van der Waals surface area contributed by atoms with E-state index in [4.69, 9.17) is 0 Å². The van der Waals surface area contributed by atoms with Crippen molar-refractivity contribution in [1.29, 1.82) is 0 Å². The topological polar surface area (TPSA) is 66.7 Å². The first-order chi connectivity index (χ1) is 9.99. The Morgan fingerprint density at radius 3 is 2.71 bits per heavy atom. The molecule has 1 aliphatic rings. The Morgan fingerprint density at radius 1 is 1.43 bits per heavy atom. The molecule has 1 fully saturated rings. The predicted molar refractivity (Wildman–Crippen MR) is 82.9 cm³/mol. The Kier molecular flexibility index (Phi) is 5.30. The van der Waals surface area contributed by atoms with E-state index >= 15 is 0 Å². The fourth-order valence-electron chi connectivity index (χ4n) is 2.47. The number of hydrogen-bond donors (Lipinski definition) is 0. The minimum absolute atomic E-state index is 0.0479. The second kappa shape index (κ2) is 7.00. The number of halogens is 1. The number of likely N-dealkylation sites (tertiary alicyclic amines) is 1. The van der Waals surface area contributed by atoms with Crippen LogP contribution in [0.1, 0.15) is 18.4 Å². The lowest BCUT2D eigenvalue weighted by atomic mass is 10.2. The molecule has 1 aromatic rings. The molecule has 0 spiro atoms. The van der Waals surface area contributed by atoms with Gasteiger partial charge in [-0.2, -0.15) is 0 Å².